The SMILES string of the molecule is CCc1ccc(N)cc1NS(=O)CC. The van der Waals surface area contributed by atoms with Gasteiger partial charge in [0.25, 0.3) is 0 Å². The predicted octanol–water partition coefficient (Wildman–Crippen LogP) is 1.93. The Morgan fingerprint density at radius 1 is 1.43 bits per heavy atom. The first-order valence-corrected chi connectivity index (χ1v) is 6.02. The van der Waals surface area contributed by atoms with E-state index in [4.69, 9.17) is 5.73 Å². The molecule has 78 valence electrons. The van der Waals surface area contributed by atoms with Gasteiger partial charge in [-0.15, -0.1) is 0 Å². The van der Waals surface area contributed by atoms with Gasteiger partial charge in [-0.25, -0.2) is 4.21 Å². The molecule has 0 aliphatic carbocycles. The number of anilines is 2. The fourth-order valence-corrected chi connectivity index (χ4v) is 1.77. The second kappa shape index (κ2) is 5.00. The first kappa shape index (κ1) is 11.0. The Morgan fingerprint density at radius 2 is 2.14 bits per heavy atom. The van der Waals surface area contributed by atoms with Crippen molar-refractivity contribution in [1.29, 1.82) is 0 Å². The number of nitrogens with two attached hydrogens (primary N) is 1. The molecule has 1 aromatic rings. The van der Waals surface area contributed by atoms with Gasteiger partial charge < -0.3 is 10.5 Å². The third kappa shape index (κ3) is 2.73. The Hall–Kier alpha value is -1.03. The van der Waals surface area contributed by atoms with Crippen molar-refractivity contribution in [2.24, 2.45) is 0 Å². The lowest BCUT2D eigenvalue weighted by molar-refractivity contribution is 0.687. The molecule has 3 N–H and O–H groups in total. The molecule has 0 aliphatic rings. The van der Waals surface area contributed by atoms with Crippen LogP contribution in [0.1, 0.15) is 19.4 Å². The molecule has 0 heterocycles. The van der Waals surface area contributed by atoms with Crippen LogP contribution in [0.4, 0.5) is 11.4 Å². The minimum Gasteiger partial charge on any atom is -0.399 e. The standard InChI is InChI=1S/C10H16N2OS/c1-3-8-5-6-9(11)7-10(8)12-14(13)4-2/h5-7,12H,3-4,11H2,1-2H3. The van der Waals surface area contributed by atoms with E-state index in [0.29, 0.717) is 11.4 Å². The van der Waals surface area contributed by atoms with Crippen molar-refractivity contribution < 1.29 is 4.21 Å². The molecule has 14 heavy (non-hydrogen) atoms. The molecule has 0 aliphatic heterocycles. The van der Waals surface area contributed by atoms with E-state index in [1.807, 2.05) is 25.1 Å². The molecule has 4 heteroatoms. The Bertz CT molecular complexity index is 339. The fraction of sp³-hybridized carbons (Fsp3) is 0.400. The molecule has 0 fully saturated rings. The molecule has 0 bridgehead atoms. The summed E-state index contributed by atoms with van der Waals surface area (Å²) in [6, 6.07) is 5.65. The monoisotopic (exact) mass is 212 g/mol. The molecule has 3 nitrogen and oxygen atoms in total. The minimum absolute atomic E-state index is 0.595. The van der Waals surface area contributed by atoms with Crippen molar-refractivity contribution in [2.75, 3.05) is 16.2 Å². The van der Waals surface area contributed by atoms with E-state index in [9.17, 15) is 4.21 Å². The Balaban J connectivity index is 2.93. The van der Waals surface area contributed by atoms with E-state index in [-0.39, 0.29) is 0 Å². The second-order valence-corrected chi connectivity index (χ2v) is 4.48. The highest BCUT2D eigenvalue weighted by atomic mass is 32.2. The van der Waals surface area contributed by atoms with E-state index in [0.717, 1.165) is 17.7 Å². The summed E-state index contributed by atoms with van der Waals surface area (Å²) in [6.45, 7) is 3.94. The summed E-state index contributed by atoms with van der Waals surface area (Å²) in [5, 5.41) is 0. The number of nitrogen functional groups attached to an aromatic ring is 1. The van der Waals surface area contributed by atoms with Gasteiger partial charge in [0.2, 0.25) is 0 Å². The van der Waals surface area contributed by atoms with Gasteiger partial charge in [0.1, 0.15) is 11.0 Å². The number of hydrogen-bond acceptors (Lipinski definition) is 2. The smallest absolute Gasteiger partial charge is 0.116 e. The van der Waals surface area contributed by atoms with Gasteiger partial charge in [-0.2, -0.15) is 0 Å². The normalized spacial score (nSPS) is 12.4. The summed E-state index contributed by atoms with van der Waals surface area (Å²) < 4.78 is 14.3. The van der Waals surface area contributed by atoms with Crippen molar-refractivity contribution in [3.05, 3.63) is 23.8 Å². The Labute approximate surface area is 87.3 Å². The number of benzene rings is 1. The molecule has 0 aromatic heterocycles. The van der Waals surface area contributed by atoms with Crippen LogP contribution in [0.25, 0.3) is 0 Å². The lowest BCUT2D eigenvalue weighted by atomic mass is 10.1. The minimum atomic E-state index is -1.00. The molecular formula is C10H16N2OS. The van der Waals surface area contributed by atoms with Gasteiger partial charge in [0.05, 0.1) is 5.69 Å². The van der Waals surface area contributed by atoms with E-state index >= 15 is 0 Å². The molecular weight excluding hydrogens is 196 g/mol. The third-order valence-corrected chi connectivity index (χ3v) is 2.97. The molecule has 1 rings (SSSR count). The lowest BCUT2D eigenvalue weighted by Crippen LogP contribution is -2.08. The van der Waals surface area contributed by atoms with Crippen molar-refractivity contribution in [1.82, 2.24) is 0 Å². The van der Waals surface area contributed by atoms with Crippen LogP contribution in [-0.4, -0.2) is 9.96 Å². The van der Waals surface area contributed by atoms with Crippen molar-refractivity contribution in [3.63, 3.8) is 0 Å². The fourth-order valence-electron chi connectivity index (χ4n) is 1.19. The average Bonchev–Trinajstić information content (AvgIpc) is 2.18. The van der Waals surface area contributed by atoms with Crippen LogP contribution in [0.3, 0.4) is 0 Å². The highest BCUT2D eigenvalue weighted by molar-refractivity contribution is 7.86. The van der Waals surface area contributed by atoms with Gasteiger partial charge in [0.15, 0.2) is 0 Å². The summed E-state index contributed by atoms with van der Waals surface area (Å²) in [7, 11) is -1.00. The molecule has 0 amide bonds. The summed E-state index contributed by atoms with van der Waals surface area (Å²) in [5.74, 6) is 0.595. The maximum Gasteiger partial charge on any atom is 0.116 e. The summed E-state index contributed by atoms with van der Waals surface area (Å²) in [4.78, 5) is 0. The summed E-state index contributed by atoms with van der Waals surface area (Å²) in [6.07, 6.45) is 0.906. The topological polar surface area (TPSA) is 55.1 Å². The number of nitrogens with one attached hydrogen (secondary N) is 1. The van der Waals surface area contributed by atoms with Gasteiger partial charge in [-0.3, -0.25) is 0 Å². The van der Waals surface area contributed by atoms with Crippen molar-refractivity contribution >= 4 is 22.4 Å². The number of hydrogen-bond donors (Lipinski definition) is 2. The van der Waals surface area contributed by atoms with Crippen molar-refractivity contribution in [2.45, 2.75) is 20.3 Å². The second-order valence-electron chi connectivity index (χ2n) is 3.01. The summed E-state index contributed by atoms with van der Waals surface area (Å²) >= 11 is 0. The molecule has 0 saturated heterocycles. The first-order chi connectivity index (χ1) is 6.67. The zero-order chi connectivity index (χ0) is 10.6. The molecule has 1 unspecified atom stereocenters. The third-order valence-electron chi connectivity index (χ3n) is 2.00. The quantitative estimate of drug-likeness (QED) is 0.749. The molecule has 0 radical (unpaired) electrons. The Morgan fingerprint density at radius 3 is 2.71 bits per heavy atom. The van der Waals surface area contributed by atoms with Crippen LogP contribution >= 0.6 is 0 Å². The highest BCUT2D eigenvalue weighted by Gasteiger charge is 2.03. The summed E-state index contributed by atoms with van der Waals surface area (Å²) in [5.41, 5.74) is 8.37. The zero-order valence-electron chi connectivity index (χ0n) is 8.54. The first-order valence-electron chi connectivity index (χ1n) is 4.70. The van der Waals surface area contributed by atoms with Crippen LogP contribution in [0.2, 0.25) is 0 Å². The van der Waals surface area contributed by atoms with Crippen LogP contribution in [-0.2, 0) is 17.4 Å². The van der Waals surface area contributed by atoms with Crippen LogP contribution in [0.15, 0.2) is 18.2 Å². The predicted molar refractivity (Wildman–Crippen MR) is 62.5 cm³/mol. The van der Waals surface area contributed by atoms with E-state index in [1.165, 1.54) is 0 Å². The molecule has 0 spiro atoms. The molecule has 0 saturated carbocycles. The van der Waals surface area contributed by atoms with Gasteiger partial charge in [0, 0.05) is 11.4 Å². The van der Waals surface area contributed by atoms with Gasteiger partial charge >= 0.3 is 0 Å². The van der Waals surface area contributed by atoms with Crippen molar-refractivity contribution in [3.8, 4) is 0 Å². The maximum atomic E-state index is 11.3. The number of rotatable bonds is 4. The Kier molecular flexibility index (Phi) is 3.95. The van der Waals surface area contributed by atoms with Gasteiger partial charge in [-0.05, 0) is 24.1 Å². The molecule has 1 aromatic carbocycles. The van der Waals surface area contributed by atoms with E-state index < -0.39 is 11.0 Å². The zero-order valence-corrected chi connectivity index (χ0v) is 9.36. The van der Waals surface area contributed by atoms with Crippen LogP contribution in [0, 0.1) is 0 Å². The number of aryl methyl sites for hydroxylation is 1. The maximum absolute atomic E-state index is 11.3. The van der Waals surface area contributed by atoms with E-state index in [1.54, 1.807) is 0 Å². The largest absolute Gasteiger partial charge is 0.399 e. The van der Waals surface area contributed by atoms with E-state index in [2.05, 4.69) is 11.6 Å². The highest BCUT2D eigenvalue weighted by Crippen LogP contribution is 2.20. The lowest BCUT2D eigenvalue weighted by Gasteiger charge is -2.10. The van der Waals surface area contributed by atoms with Crippen LogP contribution < -0.4 is 10.5 Å². The average molecular weight is 212 g/mol. The molecule has 1 atom stereocenters. The van der Waals surface area contributed by atoms with Crippen LogP contribution in [0.5, 0.6) is 0 Å². The van der Waals surface area contributed by atoms with Gasteiger partial charge in [-0.1, -0.05) is 19.9 Å².